The summed E-state index contributed by atoms with van der Waals surface area (Å²) < 4.78 is 18.3. The number of likely N-dealkylation sites (N-methyl/N-ethyl adjacent to an activating group) is 1. The first-order valence-electron chi connectivity index (χ1n) is 4.39. The highest BCUT2D eigenvalue weighted by Gasteiger charge is 2.12. The molecule has 0 aromatic heterocycles. The SMILES string of the molecule is CNCCc1ccc(O)c(OC)c1F. The number of rotatable bonds is 4. The summed E-state index contributed by atoms with van der Waals surface area (Å²) in [5, 5.41) is 12.2. The van der Waals surface area contributed by atoms with E-state index < -0.39 is 5.82 Å². The summed E-state index contributed by atoms with van der Waals surface area (Å²) in [4.78, 5) is 0. The van der Waals surface area contributed by atoms with Gasteiger partial charge in [-0.3, -0.25) is 0 Å². The maximum absolute atomic E-state index is 13.5. The first-order chi connectivity index (χ1) is 6.70. The minimum absolute atomic E-state index is 0.0846. The quantitative estimate of drug-likeness (QED) is 0.768. The zero-order valence-corrected chi connectivity index (χ0v) is 8.30. The summed E-state index contributed by atoms with van der Waals surface area (Å²) >= 11 is 0. The summed E-state index contributed by atoms with van der Waals surface area (Å²) in [5.41, 5.74) is 0.536. The van der Waals surface area contributed by atoms with Gasteiger partial charge in [-0.15, -0.1) is 0 Å². The molecule has 0 atom stereocenters. The van der Waals surface area contributed by atoms with Crippen LogP contribution in [0, 0.1) is 5.82 Å². The average molecular weight is 199 g/mol. The smallest absolute Gasteiger partial charge is 0.196 e. The molecule has 0 aliphatic carbocycles. The number of hydrogen-bond acceptors (Lipinski definition) is 3. The summed E-state index contributed by atoms with van der Waals surface area (Å²) in [6.45, 7) is 0.685. The molecule has 1 rings (SSSR count). The summed E-state index contributed by atoms with van der Waals surface area (Å²) in [6.07, 6.45) is 0.568. The predicted molar refractivity (Wildman–Crippen MR) is 52.2 cm³/mol. The van der Waals surface area contributed by atoms with Crippen molar-refractivity contribution in [2.75, 3.05) is 20.7 Å². The maximum Gasteiger partial charge on any atom is 0.196 e. The van der Waals surface area contributed by atoms with Crippen LogP contribution in [0.15, 0.2) is 12.1 Å². The van der Waals surface area contributed by atoms with Crippen molar-refractivity contribution in [2.45, 2.75) is 6.42 Å². The van der Waals surface area contributed by atoms with Gasteiger partial charge in [-0.05, 0) is 31.6 Å². The van der Waals surface area contributed by atoms with Crippen LogP contribution < -0.4 is 10.1 Å². The number of halogens is 1. The highest BCUT2D eigenvalue weighted by molar-refractivity contribution is 5.43. The van der Waals surface area contributed by atoms with Gasteiger partial charge in [0.2, 0.25) is 0 Å². The number of benzene rings is 1. The predicted octanol–water partition coefficient (Wildman–Crippen LogP) is 1.30. The first-order valence-corrected chi connectivity index (χ1v) is 4.39. The summed E-state index contributed by atoms with van der Waals surface area (Å²) in [7, 11) is 3.13. The number of hydrogen-bond donors (Lipinski definition) is 2. The highest BCUT2D eigenvalue weighted by atomic mass is 19.1. The molecule has 78 valence electrons. The van der Waals surface area contributed by atoms with Gasteiger partial charge < -0.3 is 15.2 Å². The van der Waals surface area contributed by atoms with E-state index in [1.54, 1.807) is 13.1 Å². The Hall–Kier alpha value is -1.29. The van der Waals surface area contributed by atoms with Crippen molar-refractivity contribution in [3.63, 3.8) is 0 Å². The molecule has 0 spiro atoms. The molecule has 0 aliphatic rings. The van der Waals surface area contributed by atoms with Gasteiger partial charge in [0.05, 0.1) is 7.11 Å². The van der Waals surface area contributed by atoms with Gasteiger partial charge >= 0.3 is 0 Å². The molecule has 0 bridgehead atoms. The molecule has 0 fully saturated rings. The van der Waals surface area contributed by atoms with Gasteiger partial charge in [0.15, 0.2) is 17.3 Å². The Balaban J connectivity index is 2.96. The van der Waals surface area contributed by atoms with Crippen LogP contribution in [-0.2, 0) is 6.42 Å². The lowest BCUT2D eigenvalue weighted by Crippen LogP contribution is -2.11. The molecule has 4 heteroatoms. The fourth-order valence-corrected chi connectivity index (χ4v) is 1.23. The van der Waals surface area contributed by atoms with E-state index in [0.717, 1.165) is 0 Å². The van der Waals surface area contributed by atoms with Crippen LogP contribution in [0.25, 0.3) is 0 Å². The number of methoxy groups -OCH3 is 1. The molecule has 0 saturated carbocycles. The zero-order chi connectivity index (χ0) is 10.6. The molecule has 0 saturated heterocycles. The second-order valence-electron chi connectivity index (χ2n) is 2.94. The van der Waals surface area contributed by atoms with Crippen molar-refractivity contribution in [3.8, 4) is 11.5 Å². The summed E-state index contributed by atoms with van der Waals surface area (Å²) in [5.74, 6) is -0.737. The van der Waals surface area contributed by atoms with E-state index in [0.29, 0.717) is 18.5 Å². The van der Waals surface area contributed by atoms with Gasteiger partial charge in [0, 0.05) is 0 Å². The van der Waals surface area contributed by atoms with Crippen molar-refractivity contribution >= 4 is 0 Å². The topological polar surface area (TPSA) is 41.5 Å². The number of aromatic hydroxyl groups is 1. The Morgan fingerprint density at radius 2 is 2.21 bits per heavy atom. The highest BCUT2D eigenvalue weighted by Crippen LogP contribution is 2.30. The first kappa shape index (κ1) is 10.8. The van der Waals surface area contributed by atoms with E-state index in [1.165, 1.54) is 13.2 Å². The van der Waals surface area contributed by atoms with Crippen LogP contribution in [0.4, 0.5) is 4.39 Å². The molecule has 1 aromatic rings. The molecule has 3 nitrogen and oxygen atoms in total. The Labute approximate surface area is 82.5 Å². The van der Waals surface area contributed by atoms with Crippen LogP contribution >= 0.6 is 0 Å². The van der Waals surface area contributed by atoms with Crippen LogP contribution in [0.5, 0.6) is 11.5 Å². The van der Waals surface area contributed by atoms with E-state index in [4.69, 9.17) is 4.74 Å². The van der Waals surface area contributed by atoms with E-state index in [1.807, 2.05) is 0 Å². The largest absolute Gasteiger partial charge is 0.504 e. The van der Waals surface area contributed by atoms with Gasteiger partial charge in [-0.25, -0.2) is 4.39 Å². The van der Waals surface area contributed by atoms with Gasteiger partial charge in [0.1, 0.15) is 0 Å². The van der Waals surface area contributed by atoms with Crippen molar-refractivity contribution in [1.82, 2.24) is 5.32 Å². The number of ether oxygens (including phenoxy) is 1. The molecule has 0 heterocycles. The van der Waals surface area contributed by atoms with Crippen LogP contribution in [0.2, 0.25) is 0 Å². The third-order valence-corrected chi connectivity index (χ3v) is 2.00. The van der Waals surface area contributed by atoms with Crippen molar-refractivity contribution in [2.24, 2.45) is 0 Å². The monoisotopic (exact) mass is 199 g/mol. The van der Waals surface area contributed by atoms with E-state index in [-0.39, 0.29) is 11.5 Å². The van der Waals surface area contributed by atoms with Crippen molar-refractivity contribution in [3.05, 3.63) is 23.5 Å². The molecule has 14 heavy (non-hydrogen) atoms. The average Bonchev–Trinajstić information content (AvgIpc) is 2.18. The molecular weight excluding hydrogens is 185 g/mol. The minimum Gasteiger partial charge on any atom is -0.504 e. The Kier molecular flexibility index (Phi) is 3.71. The lowest BCUT2D eigenvalue weighted by atomic mass is 10.1. The number of phenols is 1. The number of nitrogens with one attached hydrogen (secondary N) is 1. The molecule has 0 unspecified atom stereocenters. The van der Waals surface area contributed by atoms with E-state index in [2.05, 4.69) is 5.32 Å². The van der Waals surface area contributed by atoms with Crippen molar-refractivity contribution in [1.29, 1.82) is 0 Å². The van der Waals surface area contributed by atoms with E-state index in [9.17, 15) is 9.50 Å². The normalized spacial score (nSPS) is 10.2. The van der Waals surface area contributed by atoms with Gasteiger partial charge in [-0.1, -0.05) is 6.07 Å². The van der Waals surface area contributed by atoms with Gasteiger partial charge in [0.25, 0.3) is 0 Å². The second kappa shape index (κ2) is 4.81. The molecule has 0 radical (unpaired) electrons. The van der Waals surface area contributed by atoms with Crippen molar-refractivity contribution < 1.29 is 14.2 Å². The fourth-order valence-electron chi connectivity index (χ4n) is 1.23. The minimum atomic E-state index is -0.484. The zero-order valence-electron chi connectivity index (χ0n) is 8.30. The standard InChI is InChI=1S/C10H14FNO2/c1-12-6-5-7-3-4-8(13)10(14-2)9(7)11/h3-4,12-13H,5-6H2,1-2H3. The summed E-state index contributed by atoms with van der Waals surface area (Å²) in [6, 6.07) is 3.00. The van der Waals surface area contributed by atoms with E-state index >= 15 is 0 Å². The van der Waals surface area contributed by atoms with Crippen LogP contribution in [0.3, 0.4) is 0 Å². The second-order valence-corrected chi connectivity index (χ2v) is 2.94. The lowest BCUT2D eigenvalue weighted by molar-refractivity contribution is 0.349. The fraction of sp³-hybridized carbons (Fsp3) is 0.400. The van der Waals surface area contributed by atoms with Crippen LogP contribution in [-0.4, -0.2) is 25.8 Å². The molecule has 1 aromatic carbocycles. The molecule has 0 aliphatic heterocycles. The number of phenolic OH excluding ortho intramolecular Hbond substituents is 1. The third-order valence-electron chi connectivity index (χ3n) is 2.00. The Morgan fingerprint density at radius 1 is 1.50 bits per heavy atom. The Morgan fingerprint density at radius 3 is 2.79 bits per heavy atom. The Bertz CT molecular complexity index is 315. The maximum atomic E-state index is 13.5. The van der Waals surface area contributed by atoms with Crippen LogP contribution in [0.1, 0.15) is 5.56 Å². The third kappa shape index (κ3) is 2.14. The molecule has 0 amide bonds. The molecular formula is C10H14FNO2. The lowest BCUT2D eigenvalue weighted by Gasteiger charge is -2.08. The molecule has 2 N–H and O–H groups in total. The van der Waals surface area contributed by atoms with Gasteiger partial charge in [-0.2, -0.15) is 0 Å².